The highest BCUT2D eigenvalue weighted by Crippen LogP contribution is 2.12. The van der Waals surface area contributed by atoms with Gasteiger partial charge in [0.1, 0.15) is 0 Å². The lowest BCUT2D eigenvalue weighted by Gasteiger charge is -2.02. The van der Waals surface area contributed by atoms with Gasteiger partial charge in [-0.1, -0.05) is 19.1 Å². The van der Waals surface area contributed by atoms with Crippen molar-refractivity contribution in [3.63, 3.8) is 0 Å². The third-order valence-electron chi connectivity index (χ3n) is 2.23. The molecule has 0 bridgehead atoms. The highest BCUT2D eigenvalue weighted by Gasteiger charge is 2.09. The lowest BCUT2D eigenvalue weighted by Crippen LogP contribution is -2.05. The zero-order chi connectivity index (χ0) is 13.4. The average molecular weight is 249 g/mol. The van der Waals surface area contributed by atoms with Crippen molar-refractivity contribution in [2.45, 2.75) is 19.8 Å². The minimum atomic E-state index is -0.509. The molecule has 5 nitrogen and oxygen atoms in total. The van der Waals surface area contributed by atoms with Crippen molar-refractivity contribution in [1.82, 2.24) is 0 Å². The number of nitro benzene ring substituents is 1. The van der Waals surface area contributed by atoms with Crippen LogP contribution in [0, 0.1) is 10.1 Å². The van der Waals surface area contributed by atoms with E-state index < -0.39 is 10.9 Å². The maximum atomic E-state index is 11.5. The summed E-state index contributed by atoms with van der Waals surface area (Å²) in [7, 11) is 0. The number of non-ortho nitro benzene ring substituents is 1. The second kappa shape index (κ2) is 7.21. The molecule has 0 aliphatic carbocycles. The van der Waals surface area contributed by atoms with Gasteiger partial charge in [0.15, 0.2) is 0 Å². The van der Waals surface area contributed by atoms with Gasteiger partial charge in [0.25, 0.3) is 5.69 Å². The van der Waals surface area contributed by atoms with E-state index in [2.05, 4.69) is 0 Å². The van der Waals surface area contributed by atoms with Crippen molar-refractivity contribution in [2.24, 2.45) is 0 Å². The summed E-state index contributed by atoms with van der Waals surface area (Å²) in [5, 5.41) is 10.4. The topological polar surface area (TPSA) is 69.4 Å². The lowest BCUT2D eigenvalue weighted by molar-refractivity contribution is -0.384. The molecule has 0 N–H and O–H groups in total. The number of rotatable bonds is 6. The number of allylic oxidation sites excluding steroid dienone is 1. The summed E-state index contributed by atoms with van der Waals surface area (Å²) >= 11 is 0. The number of nitro groups is 1. The van der Waals surface area contributed by atoms with E-state index in [1.165, 1.54) is 24.3 Å². The summed E-state index contributed by atoms with van der Waals surface area (Å²) in [6.07, 6.45) is 5.58. The molecule has 0 saturated carbocycles. The van der Waals surface area contributed by atoms with E-state index in [9.17, 15) is 14.9 Å². The number of hydrogen-bond acceptors (Lipinski definition) is 4. The number of nitrogens with zero attached hydrogens (tertiary/aromatic N) is 1. The molecule has 0 radical (unpaired) electrons. The normalized spacial score (nSPS) is 10.5. The zero-order valence-electron chi connectivity index (χ0n) is 10.2. The summed E-state index contributed by atoms with van der Waals surface area (Å²) in [6, 6.07) is 5.35. The fourth-order valence-electron chi connectivity index (χ4n) is 1.31. The monoisotopic (exact) mass is 249 g/mol. The summed E-state index contributed by atoms with van der Waals surface area (Å²) < 4.78 is 5.01. The first-order chi connectivity index (χ1) is 8.65. The third-order valence-corrected chi connectivity index (χ3v) is 2.23. The molecule has 0 aliphatic heterocycles. The Kier molecular flexibility index (Phi) is 5.57. The van der Waals surface area contributed by atoms with Crippen LogP contribution in [0.5, 0.6) is 0 Å². The molecule has 0 atom stereocenters. The molecule has 18 heavy (non-hydrogen) atoms. The number of carbonyl (C=O) groups is 1. The van der Waals surface area contributed by atoms with Gasteiger partial charge in [-0.05, 0) is 25.0 Å². The Labute approximate surface area is 105 Å². The fraction of sp³-hybridized carbons (Fsp3) is 0.308. The SMILES string of the molecule is CC/C=C\CCOC(=O)c1ccc([N+](=O)[O-])cc1. The molecule has 0 aliphatic rings. The first-order valence-electron chi connectivity index (χ1n) is 5.71. The van der Waals surface area contributed by atoms with Crippen LogP contribution >= 0.6 is 0 Å². The first-order valence-corrected chi connectivity index (χ1v) is 5.71. The number of ether oxygens (including phenoxy) is 1. The highest BCUT2D eigenvalue weighted by atomic mass is 16.6. The van der Waals surface area contributed by atoms with E-state index in [-0.39, 0.29) is 5.69 Å². The molecule has 0 amide bonds. The molecule has 0 heterocycles. The summed E-state index contributed by atoms with van der Waals surface area (Å²) in [5.41, 5.74) is 0.275. The predicted octanol–water partition coefficient (Wildman–Crippen LogP) is 3.11. The minimum absolute atomic E-state index is 0.0440. The highest BCUT2D eigenvalue weighted by molar-refractivity contribution is 5.89. The summed E-state index contributed by atoms with van der Waals surface area (Å²) in [4.78, 5) is 21.5. The van der Waals surface area contributed by atoms with Gasteiger partial charge in [0, 0.05) is 12.1 Å². The second-order valence-corrected chi connectivity index (χ2v) is 3.61. The molecule has 5 heteroatoms. The van der Waals surface area contributed by atoms with E-state index in [1.54, 1.807) is 0 Å². The number of benzene rings is 1. The van der Waals surface area contributed by atoms with E-state index in [0.717, 1.165) is 6.42 Å². The molecule has 0 aromatic heterocycles. The Bertz CT molecular complexity index is 437. The van der Waals surface area contributed by atoms with Crippen LogP contribution in [0.15, 0.2) is 36.4 Å². The van der Waals surface area contributed by atoms with Crippen LogP contribution in [-0.2, 0) is 4.74 Å². The van der Waals surface area contributed by atoms with Gasteiger partial charge in [0.05, 0.1) is 17.1 Å². The van der Waals surface area contributed by atoms with Gasteiger partial charge in [-0.3, -0.25) is 10.1 Å². The molecule has 1 rings (SSSR count). The number of carbonyl (C=O) groups excluding carboxylic acids is 1. The van der Waals surface area contributed by atoms with Crippen LogP contribution in [0.2, 0.25) is 0 Å². The van der Waals surface area contributed by atoms with Crippen LogP contribution < -0.4 is 0 Å². The summed E-state index contributed by atoms with van der Waals surface area (Å²) in [6.45, 7) is 2.34. The Hall–Kier alpha value is -2.17. The lowest BCUT2D eigenvalue weighted by atomic mass is 10.2. The smallest absolute Gasteiger partial charge is 0.338 e. The van der Waals surface area contributed by atoms with Gasteiger partial charge < -0.3 is 4.74 Å². The molecule has 96 valence electrons. The fourth-order valence-corrected chi connectivity index (χ4v) is 1.31. The van der Waals surface area contributed by atoms with Gasteiger partial charge >= 0.3 is 5.97 Å². The van der Waals surface area contributed by atoms with Gasteiger partial charge in [-0.25, -0.2) is 4.79 Å². The van der Waals surface area contributed by atoms with Crippen molar-refractivity contribution in [1.29, 1.82) is 0 Å². The van der Waals surface area contributed by atoms with Crippen LogP contribution in [0.25, 0.3) is 0 Å². The van der Waals surface area contributed by atoms with Gasteiger partial charge in [-0.2, -0.15) is 0 Å². The van der Waals surface area contributed by atoms with E-state index in [0.29, 0.717) is 18.6 Å². The van der Waals surface area contributed by atoms with Crippen LogP contribution in [0.3, 0.4) is 0 Å². The summed E-state index contributed by atoms with van der Waals surface area (Å²) in [5.74, 6) is -0.463. The molecular formula is C13H15NO4. The zero-order valence-corrected chi connectivity index (χ0v) is 10.2. The number of esters is 1. The van der Waals surface area contributed by atoms with E-state index in [1.807, 2.05) is 19.1 Å². The standard InChI is InChI=1S/C13H15NO4/c1-2-3-4-5-10-18-13(15)11-6-8-12(9-7-11)14(16)17/h3-4,6-9H,2,5,10H2,1H3/b4-3-. The largest absolute Gasteiger partial charge is 0.462 e. The maximum Gasteiger partial charge on any atom is 0.338 e. The first kappa shape index (κ1) is 13.9. The van der Waals surface area contributed by atoms with Crippen molar-refractivity contribution in [3.05, 3.63) is 52.1 Å². The molecular weight excluding hydrogens is 234 g/mol. The Morgan fingerprint density at radius 1 is 1.33 bits per heavy atom. The predicted molar refractivity (Wildman–Crippen MR) is 67.4 cm³/mol. The third kappa shape index (κ3) is 4.37. The van der Waals surface area contributed by atoms with Gasteiger partial charge in [0.2, 0.25) is 0 Å². The van der Waals surface area contributed by atoms with Crippen LogP contribution in [0.4, 0.5) is 5.69 Å². The van der Waals surface area contributed by atoms with Crippen molar-refractivity contribution in [3.8, 4) is 0 Å². The van der Waals surface area contributed by atoms with Crippen LogP contribution in [0.1, 0.15) is 30.1 Å². The Balaban J connectivity index is 2.46. The van der Waals surface area contributed by atoms with Gasteiger partial charge in [-0.15, -0.1) is 0 Å². The molecule has 0 spiro atoms. The van der Waals surface area contributed by atoms with Crippen molar-refractivity contribution in [2.75, 3.05) is 6.61 Å². The minimum Gasteiger partial charge on any atom is -0.462 e. The maximum absolute atomic E-state index is 11.5. The molecule has 0 unspecified atom stereocenters. The molecule has 0 saturated heterocycles. The van der Waals surface area contributed by atoms with E-state index in [4.69, 9.17) is 4.74 Å². The Morgan fingerprint density at radius 3 is 2.56 bits per heavy atom. The second-order valence-electron chi connectivity index (χ2n) is 3.61. The number of hydrogen-bond donors (Lipinski definition) is 0. The van der Waals surface area contributed by atoms with Crippen molar-refractivity contribution >= 4 is 11.7 Å². The average Bonchev–Trinajstić information content (AvgIpc) is 2.38. The molecule has 0 fully saturated rings. The van der Waals surface area contributed by atoms with E-state index >= 15 is 0 Å². The quantitative estimate of drug-likeness (QED) is 0.255. The van der Waals surface area contributed by atoms with Crippen LogP contribution in [-0.4, -0.2) is 17.5 Å². The van der Waals surface area contributed by atoms with Crippen molar-refractivity contribution < 1.29 is 14.5 Å². The molecule has 1 aromatic carbocycles. The Morgan fingerprint density at radius 2 is 2.00 bits per heavy atom. The molecule has 1 aromatic rings.